The average Bonchev–Trinajstić information content (AvgIpc) is 3.60. The molecule has 0 spiro atoms. The van der Waals surface area contributed by atoms with Crippen molar-refractivity contribution in [2.45, 2.75) is 52.0 Å². The number of hydrogen-bond acceptors (Lipinski definition) is 2. The van der Waals surface area contributed by atoms with Crippen LogP contribution in [-0.4, -0.2) is 16.9 Å². The predicted molar refractivity (Wildman–Crippen MR) is 282 cm³/mol. The molecule has 0 aliphatic heterocycles. The molecule has 0 saturated carbocycles. The zero-order chi connectivity index (χ0) is 44.2. The van der Waals surface area contributed by atoms with E-state index in [0.29, 0.717) is 0 Å². The fourth-order valence-corrected chi connectivity index (χ4v) is 12.3. The van der Waals surface area contributed by atoms with Gasteiger partial charge in [0.2, 0.25) is 0 Å². The highest BCUT2D eigenvalue weighted by molar-refractivity contribution is 6.88. The molecular formula is C60H56N2Si2. The fourth-order valence-electron chi connectivity index (χ4n) is 10.2. The molecule has 0 heterocycles. The Balaban J connectivity index is 1.30. The number of benzene rings is 9. The number of anilines is 6. The predicted octanol–water partition coefficient (Wildman–Crippen LogP) is 15.0. The minimum atomic E-state index is -1.51. The molecule has 1 aliphatic carbocycles. The Morgan fingerprint density at radius 2 is 0.922 bits per heavy atom. The second-order valence-electron chi connectivity index (χ2n) is 19.0. The highest BCUT2D eigenvalue weighted by Gasteiger charge is 2.48. The quantitative estimate of drug-likeness (QED) is 0.126. The van der Waals surface area contributed by atoms with Crippen LogP contribution in [0, 0.1) is 13.8 Å². The Morgan fingerprint density at radius 1 is 0.422 bits per heavy atom. The maximum atomic E-state index is 2.54. The lowest BCUT2D eigenvalue weighted by Gasteiger charge is -2.36. The van der Waals surface area contributed by atoms with E-state index in [1.807, 2.05) is 0 Å². The highest BCUT2D eigenvalue weighted by Crippen LogP contribution is 2.60. The first-order valence-corrected chi connectivity index (χ1v) is 29.2. The van der Waals surface area contributed by atoms with Crippen molar-refractivity contribution in [2.75, 3.05) is 9.80 Å². The minimum Gasteiger partial charge on any atom is -0.310 e. The van der Waals surface area contributed by atoms with Gasteiger partial charge in [-0.2, -0.15) is 0 Å². The summed E-state index contributed by atoms with van der Waals surface area (Å²) in [6.45, 7) is 16.5. The molecule has 1 aliphatic rings. The normalized spacial score (nSPS) is 12.9. The summed E-state index contributed by atoms with van der Waals surface area (Å²) in [5, 5.41) is 5.40. The first kappa shape index (κ1) is 41.3. The lowest BCUT2D eigenvalue weighted by atomic mass is 9.67. The minimum absolute atomic E-state index is 0.646. The summed E-state index contributed by atoms with van der Waals surface area (Å²) in [6.07, 6.45) is 0. The Kier molecular flexibility index (Phi) is 10.6. The summed E-state index contributed by atoms with van der Waals surface area (Å²) in [4.78, 5) is 4.96. The van der Waals surface area contributed by atoms with Gasteiger partial charge in [0, 0.05) is 33.8 Å². The van der Waals surface area contributed by atoms with E-state index in [9.17, 15) is 0 Å². The van der Waals surface area contributed by atoms with E-state index >= 15 is 0 Å². The Labute approximate surface area is 382 Å². The first-order chi connectivity index (χ1) is 31.0. The molecular weight excluding hydrogens is 805 g/mol. The number of rotatable bonds is 10. The van der Waals surface area contributed by atoms with Crippen LogP contribution in [0.15, 0.2) is 206 Å². The van der Waals surface area contributed by atoms with Crippen molar-refractivity contribution in [3.63, 3.8) is 0 Å². The van der Waals surface area contributed by atoms with E-state index < -0.39 is 22.3 Å². The molecule has 9 aromatic carbocycles. The SMILES string of the molecule is Cc1cccc(N(c2ccc([Si](C)(C)C)cc2)c2ccc3c(c2)C(c2ccccc2)(c2ccccc2)c2cc(N(c4ccc([SiH](C)C)cc4)c4cccc(C)c4)c4ccccc4c2-3)c1. The molecule has 0 amide bonds. The molecule has 0 radical (unpaired) electrons. The van der Waals surface area contributed by atoms with Crippen molar-refractivity contribution in [3.8, 4) is 11.1 Å². The number of nitrogens with zero attached hydrogens (tertiary/aromatic N) is 2. The number of hydrogen-bond donors (Lipinski definition) is 0. The van der Waals surface area contributed by atoms with E-state index in [1.165, 1.54) is 71.3 Å². The van der Waals surface area contributed by atoms with Gasteiger partial charge in [-0.15, -0.1) is 0 Å². The van der Waals surface area contributed by atoms with E-state index in [4.69, 9.17) is 0 Å². The molecule has 314 valence electrons. The third-order valence-corrected chi connectivity index (χ3v) is 17.1. The average molecular weight is 861 g/mol. The van der Waals surface area contributed by atoms with Crippen molar-refractivity contribution < 1.29 is 0 Å². The summed E-state index contributed by atoms with van der Waals surface area (Å²) >= 11 is 0. The van der Waals surface area contributed by atoms with Crippen molar-refractivity contribution in [2.24, 2.45) is 0 Å². The molecule has 0 aromatic heterocycles. The van der Waals surface area contributed by atoms with Crippen LogP contribution in [-0.2, 0) is 5.41 Å². The maximum Gasteiger partial charge on any atom is 0.0775 e. The Morgan fingerprint density at radius 3 is 1.48 bits per heavy atom. The van der Waals surface area contributed by atoms with Crippen LogP contribution in [0.3, 0.4) is 0 Å². The van der Waals surface area contributed by atoms with Gasteiger partial charge < -0.3 is 9.80 Å². The second kappa shape index (κ2) is 16.4. The van der Waals surface area contributed by atoms with Crippen LogP contribution < -0.4 is 20.2 Å². The molecule has 0 bridgehead atoms. The Hall–Kier alpha value is -6.73. The lowest BCUT2D eigenvalue weighted by molar-refractivity contribution is 0.769. The van der Waals surface area contributed by atoms with Crippen molar-refractivity contribution in [1.82, 2.24) is 0 Å². The Bertz CT molecular complexity index is 3090. The van der Waals surface area contributed by atoms with Crippen LogP contribution in [0.1, 0.15) is 33.4 Å². The number of fused-ring (bicyclic) bond motifs is 5. The molecule has 64 heavy (non-hydrogen) atoms. The summed E-state index contributed by atoms with van der Waals surface area (Å²) in [6, 6.07) is 78.1. The van der Waals surface area contributed by atoms with Gasteiger partial charge in [-0.1, -0.05) is 183 Å². The van der Waals surface area contributed by atoms with Gasteiger partial charge in [0.25, 0.3) is 0 Å². The van der Waals surface area contributed by atoms with Crippen LogP contribution in [0.5, 0.6) is 0 Å². The fraction of sp³-hybridized carbons (Fsp3) is 0.133. The van der Waals surface area contributed by atoms with Crippen molar-refractivity contribution in [3.05, 3.63) is 240 Å². The van der Waals surface area contributed by atoms with Gasteiger partial charge in [-0.25, -0.2) is 0 Å². The first-order valence-electron chi connectivity index (χ1n) is 22.8. The largest absolute Gasteiger partial charge is 0.310 e. The topological polar surface area (TPSA) is 6.48 Å². The van der Waals surface area contributed by atoms with Crippen molar-refractivity contribution in [1.29, 1.82) is 0 Å². The van der Waals surface area contributed by atoms with E-state index in [-0.39, 0.29) is 0 Å². The van der Waals surface area contributed by atoms with Crippen molar-refractivity contribution >= 4 is 72.1 Å². The van der Waals surface area contributed by atoms with E-state index in [2.05, 4.69) is 263 Å². The van der Waals surface area contributed by atoms with Gasteiger partial charge >= 0.3 is 0 Å². The summed E-state index contributed by atoms with van der Waals surface area (Å²) in [5.41, 5.74) is 16.3. The van der Waals surface area contributed by atoms with Gasteiger partial charge in [-0.05, 0) is 130 Å². The van der Waals surface area contributed by atoms with Gasteiger partial charge in [-0.3, -0.25) is 0 Å². The van der Waals surface area contributed by atoms with Crippen LogP contribution in [0.4, 0.5) is 34.1 Å². The van der Waals surface area contributed by atoms with E-state index in [1.54, 1.807) is 0 Å². The second-order valence-corrected chi connectivity index (χ2v) is 27.0. The molecule has 4 heteroatoms. The standard InChI is InChI=1S/C60H56N2Si2/c1-42-18-16-24-48(38-42)61(46-30-35-52(36-31-46)64(5,6)7)50-32-37-55-56(40-50)60(44-20-10-8-11-21-44,45-22-12-9-13-23-45)57-41-58(53-26-14-15-27-54(53)59(55)57)62(49-25-17-19-43(2)39-49)47-28-33-51(34-29-47)63(3)4/h8-41,63H,1-7H3. The molecule has 0 atom stereocenters. The van der Waals surface area contributed by atoms with Crippen LogP contribution >= 0.6 is 0 Å². The molecule has 0 saturated heterocycles. The third-order valence-electron chi connectivity index (χ3n) is 13.3. The van der Waals surface area contributed by atoms with Gasteiger partial charge in [0.1, 0.15) is 0 Å². The summed E-state index contributed by atoms with van der Waals surface area (Å²) in [5.74, 6) is 0. The highest BCUT2D eigenvalue weighted by atomic mass is 28.3. The molecule has 0 fully saturated rings. The zero-order valence-electron chi connectivity index (χ0n) is 38.1. The van der Waals surface area contributed by atoms with Gasteiger partial charge in [0.05, 0.1) is 28.0 Å². The van der Waals surface area contributed by atoms with Gasteiger partial charge in [0.15, 0.2) is 0 Å². The molecule has 0 N–H and O–H groups in total. The van der Waals surface area contributed by atoms with Crippen LogP contribution in [0.2, 0.25) is 32.7 Å². The summed E-state index contributed by atoms with van der Waals surface area (Å²) in [7, 11) is -2.51. The molecule has 0 unspecified atom stereocenters. The monoisotopic (exact) mass is 860 g/mol. The summed E-state index contributed by atoms with van der Waals surface area (Å²) < 4.78 is 0. The van der Waals surface area contributed by atoms with E-state index in [0.717, 1.165) is 28.4 Å². The lowest BCUT2D eigenvalue weighted by Crippen LogP contribution is -2.37. The maximum absolute atomic E-state index is 2.54. The molecule has 9 aromatic rings. The molecule has 2 nitrogen and oxygen atoms in total. The zero-order valence-corrected chi connectivity index (χ0v) is 40.3. The molecule has 10 rings (SSSR count). The third kappa shape index (κ3) is 7.11. The van der Waals surface area contributed by atoms with Crippen LogP contribution in [0.25, 0.3) is 21.9 Å². The smallest absolute Gasteiger partial charge is 0.0775 e. The number of aryl methyl sites for hydroxylation is 2.